The summed E-state index contributed by atoms with van der Waals surface area (Å²) in [4.78, 5) is 9.81. The van der Waals surface area contributed by atoms with Crippen LogP contribution in [0, 0.1) is 5.82 Å². The predicted octanol–water partition coefficient (Wildman–Crippen LogP) is -0.0660. The Balaban J connectivity index is 3.15. The highest BCUT2D eigenvalue weighted by atomic mass is 79.9. The highest BCUT2D eigenvalue weighted by Crippen LogP contribution is 2.25. The molecular weight excluding hydrogens is 317 g/mol. The van der Waals surface area contributed by atoms with Crippen molar-refractivity contribution in [2.75, 3.05) is 12.3 Å². The quantitative estimate of drug-likeness (QED) is 0.672. The van der Waals surface area contributed by atoms with Crippen molar-refractivity contribution < 1.29 is 17.6 Å². The summed E-state index contributed by atoms with van der Waals surface area (Å²) in [6, 6.07) is 1.87. The lowest BCUT2D eigenvalue weighted by Gasteiger charge is -2.08. The van der Waals surface area contributed by atoms with Gasteiger partial charge in [-0.05, 0) is 28.1 Å². The SMILES string of the molecule is NC(=O)CNS(=O)(=O)c1cc(N)c(Br)cc1F. The zero-order valence-electron chi connectivity index (χ0n) is 8.41. The van der Waals surface area contributed by atoms with Crippen molar-refractivity contribution in [1.82, 2.24) is 4.72 Å². The van der Waals surface area contributed by atoms with Crippen molar-refractivity contribution in [3.8, 4) is 0 Å². The monoisotopic (exact) mass is 325 g/mol. The van der Waals surface area contributed by atoms with Crippen LogP contribution in [0.2, 0.25) is 0 Å². The highest BCUT2D eigenvalue weighted by molar-refractivity contribution is 9.10. The largest absolute Gasteiger partial charge is 0.398 e. The van der Waals surface area contributed by atoms with Crippen molar-refractivity contribution in [1.29, 1.82) is 0 Å². The van der Waals surface area contributed by atoms with E-state index in [1.165, 1.54) is 0 Å². The number of primary amides is 1. The van der Waals surface area contributed by atoms with Crippen LogP contribution in [0.25, 0.3) is 0 Å². The van der Waals surface area contributed by atoms with Gasteiger partial charge in [0.15, 0.2) is 0 Å². The number of hydrogen-bond donors (Lipinski definition) is 3. The maximum atomic E-state index is 13.4. The van der Waals surface area contributed by atoms with Crippen LogP contribution < -0.4 is 16.2 Å². The molecule has 1 aromatic rings. The predicted molar refractivity (Wildman–Crippen MR) is 62.9 cm³/mol. The van der Waals surface area contributed by atoms with Gasteiger partial charge in [0.25, 0.3) is 0 Å². The Morgan fingerprint density at radius 1 is 1.47 bits per heavy atom. The number of sulfonamides is 1. The minimum absolute atomic E-state index is 0.0610. The molecule has 0 saturated carbocycles. The number of carbonyl (C=O) groups is 1. The van der Waals surface area contributed by atoms with E-state index in [9.17, 15) is 17.6 Å². The Kier molecular flexibility index (Phi) is 4.07. The average molecular weight is 326 g/mol. The average Bonchev–Trinajstić information content (AvgIpc) is 2.20. The van der Waals surface area contributed by atoms with Gasteiger partial charge in [-0.2, -0.15) is 0 Å². The molecule has 17 heavy (non-hydrogen) atoms. The minimum Gasteiger partial charge on any atom is -0.398 e. The van der Waals surface area contributed by atoms with Crippen molar-refractivity contribution in [2.45, 2.75) is 4.90 Å². The fourth-order valence-electron chi connectivity index (χ4n) is 0.995. The first-order valence-electron chi connectivity index (χ1n) is 4.26. The Morgan fingerprint density at radius 2 is 2.06 bits per heavy atom. The van der Waals surface area contributed by atoms with Gasteiger partial charge in [-0.15, -0.1) is 0 Å². The summed E-state index contributed by atoms with van der Waals surface area (Å²) >= 11 is 2.95. The molecule has 6 nitrogen and oxygen atoms in total. The summed E-state index contributed by atoms with van der Waals surface area (Å²) in [6.07, 6.45) is 0. The fourth-order valence-corrected chi connectivity index (χ4v) is 2.40. The molecule has 0 spiro atoms. The van der Waals surface area contributed by atoms with Gasteiger partial charge < -0.3 is 11.5 Å². The van der Waals surface area contributed by atoms with Gasteiger partial charge in [0.1, 0.15) is 10.7 Å². The van der Waals surface area contributed by atoms with Crippen molar-refractivity contribution >= 4 is 37.5 Å². The van der Waals surface area contributed by atoms with E-state index >= 15 is 0 Å². The van der Waals surface area contributed by atoms with E-state index in [1.54, 1.807) is 0 Å². The molecule has 0 aromatic heterocycles. The summed E-state index contributed by atoms with van der Waals surface area (Å²) in [5.41, 5.74) is 10.3. The topological polar surface area (TPSA) is 115 Å². The van der Waals surface area contributed by atoms with Crippen LogP contribution in [0.3, 0.4) is 0 Å². The lowest BCUT2D eigenvalue weighted by Crippen LogP contribution is -2.33. The van der Waals surface area contributed by atoms with Gasteiger partial charge in [-0.25, -0.2) is 17.5 Å². The number of anilines is 1. The van der Waals surface area contributed by atoms with Crippen molar-refractivity contribution in [3.05, 3.63) is 22.4 Å². The van der Waals surface area contributed by atoms with E-state index < -0.39 is 33.2 Å². The molecule has 5 N–H and O–H groups in total. The summed E-state index contributed by atoms with van der Waals surface area (Å²) in [5.74, 6) is -1.86. The van der Waals surface area contributed by atoms with Crippen LogP contribution in [0.15, 0.2) is 21.5 Å². The third kappa shape index (κ3) is 3.38. The van der Waals surface area contributed by atoms with Gasteiger partial charge in [0, 0.05) is 10.2 Å². The fraction of sp³-hybridized carbons (Fsp3) is 0.125. The van der Waals surface area contributed by atoms with E-state index in [2.05, 4.69) is 15.9 Å². The summed E-state index contributed by atoms with van der Waals surface area (Å²) in [5, 5.41) is 0. The molecule has 0 aliphatic carbocycles. The maximum absolute atomic E-state index is 13.4. The molecule has 1 amide bonds. The Morgan fingerprint density at radius 3 is 2.59 bits per heavy atom. The number of amides is 1. The Hall–Kier alpha value is -1.19. The Labute approximate surface area is 105 Å². The molecule has 1 rings (SSSR count). The third-order valence-corrected chi connectivity index (χ3v) is 3.88. The number of nitrogens with one attached hydrogen (secondary N) is 1. The number of hydrogen-bond acceptors (Lipinski definition) is 4. The molecule has 0 saturated heterocycles. The second kappa shape index (κ2) is 4.98. The molecule has 0 bridgehead atoms. The van der Waals surface area contributed by atoms with Crippen LogP contribution in [0.4, 0.5) is 10.1 Å². The number of nitrogens with two attached hydrogens (primary N) is 2. The van der Waals surface area contributed by atoms with Crippen LogP contribution in [0.5, 0.6) is 0 Å². The molecular formula is C8H9BrFN3O3S. The van der Waals surface area contributed by atoms with Crippen LogP contribution in [-0.2, 0) is 14.8 Å². The molecule has 0 unspecified atom stereocenters. The minimum atomic E-state index is -4.15. The smallest absolute Gasteiger partial charge is 0.244 e. The van der Waals surface area contributed by atoms with E-state index in [1.807, 2.05) is 4.72 Å². The number of nitrogen functional groups attached to an aromatic ring is 1. The summed E-state index contributed by atoms with van der Waals surface area (Å²) in [7, 11) is -4.15. The van der Waals surface area contributed by atoms with Crippen LogP contribution >= 0.6 is 15.9 Å². The zero-order chi connectivity index (χ0) is 13.2. The van der Waals surface area contributed by atoms with Gasteiger partial charge in [0.05, 0.1) is 6.54 Å². The molecule has 9 heteroatoms. The van der Waals surface area contributed by atoms with E-state index in [-0.39, 0.29) is 10.2 Å². The summed E-state index contributed by atoms with van der Waals surface area (Å²) < 4.78 is 38.7. The van der Waals surface area contributed by atoms with Gasteiger partial charge in [0.2, 0.25) is 15.9 Å². The number of rotatable bonds is 4. The van der Waals surface area contributed by atoms with Crippen LogP contribution in [0.1, 0.15) is 0 Å². The normalized spacial score (nSPS) is 11.4. The van der Waals surface area contributed by atoms with Crippen molar-refractivity contribution in [3.63, 3.8) is 0 Å². The molecule has 0 aliphatic rings. The molecule has 1 aromatic carbocycles. The molecule has 0 heterocycles. The molecule has 0 aliphatic heterocycles. The second-order valence-electron chi connectivity index (χ2n) is 3.10. The molecule has 0 fully saturated rings. The molecule has 0 radical (unpaired) electrons. The van der Waals surface area contributed by atoms with E-state index in [0.717, 1.165) is 12.1 Å². The first-order valence-corrected chi connectivity index (χ1v) is 6.54. The van der Waals surface area contributed by atoms with Gasteiger partial charge >= 0.3 is 0 Å². The molecule has 94 valence electrons. The first kappa shape index (κ1) is 13.9. The highest BCUT2D eigenvalue weighted by Gasteiger charge is 2.20. The lowest BCUT2D eigenvalue weighted by atomic mass is 10.3. The maximum Gasteiger partial charge on any atom is 0.244 e. The van der Waals surface area contributed by atoms with Gasteiger partial charge in [-0.1, -0.05) is 0 Å². The van der Waals surface area contributed by atoms with Crippen molar-refractivity contribution in [2.24, 2.45) is 5.73 Å². The second-order valence-corrected chi connectivity index (χ2v) is 5.68. The number of carbonyl (C=O) groups excluding carboxylic acids is 1. The van der Waals surface area contributed by atoms with Crippen LogP contribution in [-0.4, -0.2) is 20.9 Å². The van der Waals surface area contributed by atoms with Gasteiger partial charge in [-0.3, -0.25) is 4.79 Å². The Bertz CT molecular complexity index is 561. The first-order chi connectivity index (χ1) is 7.74. The summed E-state index contributed by atoms with van der Waals surface area (Å²) in [6.45, 7) is -0.613. The van der Waals surface area contributed by atoms with E-state index in [4.69, 9.17) is 11.5 Å². The standard InChI is InChI=1S/C8H9BrFN3O3S/c9-4-1-5(10)7(2-6(4)11)17(15,16)13-3-8(12)14/h1-2,13H,3,11H2,(H2,12,14). The van der Waals surface area contributed by atoms with E-state index in [0.29, 0.717) is 0 Å². The molecule has 0 atom stereocenters. The lowest BCUT2D eigenvalue weighted by molar-refractivity contribution is -0.116. The number of benzene rings is 1. The zero-order valence-corrected chi connectivity index (χ0v) is 10.8. The third-order valence-electron chi connectivity index (χ3n) is 1.78. The number of halogens is 2.